The van der Waals surface area contributed by atoms with E-state index in [0.717, 1.165) is 10.3 Å². The smallest absolute Gasteiger partial charge is 0.129 e. The maximum Gasteiger partial charge on any atom is 0.129 e. The number of pyridine rings is 1. The third kappa shape index (κ3) is 3.32. The lowest BCUT2D eigenvalue weighted by Crippen LogP contribution is -2.27. The molecular weight excluding hydrogens is 232 g/mol. The second-order valence-corrected chi connectivity index (χ2v) is 3.98. The van der Waals surface area contributed by atoms with Gasteiger partial charge in [-0.15, -0.1) is 0 Å². The Morgan fingerprint density at radius 1 is 1.69 bits per heavy atom. The zero-order chi connectivity index (χ0) is 9.84. The minimum Gasteiger partial charge on any atom is -0.392 e. The summed E-state index contributed by atoms with van der Waals surface area (Å²) in [4.78, 5) is 6.09. The van der Waals surface area contributed by atoms with Gasteiger partial charge in [-0.1, -0.05) is 15.9 Å². The van der Waals surface area contributed by atoms with Gasteiger partial charge in [-0.3, -0.25) is 0 Å². The van der Waals surface area contributed by atoms with Crippen molar-refractivity contribution in [3.63, 3.8) is 0 Å². The first kappa shape index (κ1) is 10.5. The molecule has 0 radical (unpaired) electrons. The zero-order valence-electron chi connectivity index (χ0n) is 7.74. The number of nitrogens with zero attached hydrogens (tertiary/aromatic N) is 2. The maximum atomic E-state index is 9.17. The van der Waals surface area contributed by atoms with Crippen molar-refractivity contribution in [3.8, 4) is 0 Å². The number of aliphatic hydroxyl groups is 1. The Balaban J connectivity index is 2.71. The minimum atomic E-state index is -0.342. The van der Waals surface area contributed by atoms with Crippen molar-refractivity contribution in [2.75, 3.05) is 18.5 Å². The van der Waals surface area contributed by atoms with Crippen LogP contribution in [0.15, 0.2) is 22.8 Å². The Labute approximate surface area is 86.5 Å². The number of halogens is 1. The summed E-state index contributed by atoms with van der Waals surface area (Å²) < 4.78 is 0.995. The molecule has 0 unspecified atom stereocenters. The van der Waals surface area contributed by atoms with Gasteiger partial charge in [0.15, 0.2) is 0 Å². The van der Waals surface area contributed by atoms with E-state index in [1.54, 1.807) is 13.1 Å². The second-order valence-electron chi connectivity index (χ2n) is 3.06. The van der Waals surface area contributed by atoms with Gasteiger partial charge in [0.05, 0.1) is 6.10 Å². The van der Waals surface area contributed by atoms with Crippen LogP contribution in [0.5, 0.6) is 0 Å². The molecule has 0 saturated carbocycles. The zero-order valence-corrected chi connectivity index (χ0v) is 9.32. The van der Waals surface area contributed by atoms with Crippen molar-refractivity contribution in [1.82, 2.24) is 4.98 Å². The molecule has 1 heterocycles. The molecule has 1 atom stereocenters. The van der Waals surface area contributed by atoms with E-state index in [4.69, 9.17) is 0 Å². The second kappa shape index (κ2) is 4.58. The number of hydrogen-bond acceptors (Lipinski definition) is 3. The quantitative estimate of drug-likeness (QED) is 0.879. The highest BCUT2D eigenvalue weighted by molar-refractivity contribution is 9.10. The van der Waals surface area contributed by atoms with Gasteiger partial charge in [0.25, 0.3) is 0 Å². The number of rotatable bonds is 3. The van der Waals surface area contributed by atoms with Crippen molar-refractivity contribution in [2.24, 2.45) is 0 Å². The molecule has 0 aromatic carbocycles. The van der Waals surface area contributed by atoms with Gasteiger partial charge >= 0.3 is 0 Å². The topological polar surface area (TPSA) is 36.4 Å². The first-order chi connectivity index (χ1) is 6.09. The summed E-state index contributed by atoms with van der Waals surface area (Å²) >= 11 is 3.37. The van der Waals surface area contributed by atoms with E-state index in [-0.39, 0.29) is 6.10 Å². The average Bonchev–Trinajstić information content (AvgIpc) is 2.03. The average molecular weight is 245 g/mol. The molecule has 0 saturated heterocycles. The molecule has 1 N–H and O–H groups in total. The van der Waals surface area contributed by atoms with Crippen LogP contribution in [-0.4, -0.2) is 29.8 Å². The molecule has 0 bridgehead atoms. The molecule has 4 heteroatoms. The number of anilines is 1. The van der Waals surface area contributed by atoms with Crippen molar-refractivity contribution in [1.29, 1.82) is 0 Å². The van der Waals surface area contributed by atoms with Crippen LogP contribution in [0.1, 0.15) is 6.92 Å². The minimum absolute atomic E-state index is 0.342. The van der Waals surface area contributed by atoms with Gasteiger partial charge in [0, 0.05) is 24.3 Å². The molecule has 0 aliphatic rings. The summed E-state index contributed by atoms with van der Waals surface area (Å²) in [6.45, 7) is 2.35. The molecular formula is C9H13BrN2O. The number of likely N-dealkylation sites (N-methyl/N-ethyl adjacent to an activating group) is 1. The largest absolute Gasteiger partial charge is 0.392 e. The first-order valence-electron chi connectivity index (χ1n) is 4.10. The molecule has 1 rings (SSSR count). The number of hydrogen-bond donors (Lipinski definition) is 1. The van der Waals surface area contributed by atoms with Crippen molar-refractivity contribution in [2.45, 2.75) is 13.0 Å². The monoisotopic (exact) mass is 244 g/mol. The van der Waals surface area contributed by atoms with E-state index < -0.39 is 0 Å². The molecule has 0 aliphatic carbocycles. The Morgan fingerprint density at radius 3 is 2.92 bits per heavy atom. The van der Waals surface area contributed by atoms with Gasteiger partial charge in [-0.05, 0) is 19.1 Å². The highest BCUT2D eigenvalue weighted by Gasteiger charge is 2.05. The summed E-state index contributed by atoms with van der Waals surface area (Å²) in [5.74, 6) is 0.857. The van der Waals surface area contributed by atoms with Gasteiger partial charge in [0.2, 0.25) is 0 Å². The fourth-order valence-electron chi connectivity index (χ4n) is 1.09. The van der Waals surface area contributed by atoms with E-state index in [0.29, 0.717) is 6.54 Å². The van der Waals surface area contributed by atoms with Gasteiger partial charge < -0.3 is 10.0 Å². The standard InChI is InChI=1S/C9H13BrN2O/c1-7(13)6-12(2)9-5-8(10)3-4-11-9/h3-5,7,13H,6H2,1-2H3/t7-/m1/s1. The number of aromatic nitrogens is 1. The van der Waals surface area contributed by atoms with Crippen LogP contribution in [0.25, 0.3) is 0 Å². The molecule has 0 spiro atoms. The maximum absolute atomic E-state index is 9.17. The highest BCUT2D eigenvalue weighted by atomic mass is 79.9. The lowest BCUT2D eigenvalue weighted by molar-refractivity contribution is 0.201. The number of aliphatic hydroxyl groups excluding tert-OH is 1. The molecule has 0 aliphatic heterocycles. The summed E-state index contributed by atoms with van der Waals surface area (Å²) in [6, 6.07) is 3.79. The fourth-order valence-corrected chi connectivity index (χ4v) is 1.42. The van der Waals surface area contributed by atoms with Crippen molar-refractivity contribution in [3.05, 3.63) is 22.8 Å². The van der Waals surface area contributed by atoms with Crippen molar-refractivity contribution >= 4 is 21.7 Å². The van der Waals surface area contributed by atoms with Crippen LogP contribution in [0, 0.1) is 0 Å². The van der Waals surface area contributed by atoms with Crippen LogP contribution in [0.3, 0.4) is 0 Å². The predicted octanol–water partition coefficient (Wildman–Crippen LogP) is 1.66. The summed E-state index contributed by atoms with van der Waals surface area (Å²) in [7, 11) is 1.90. The Hall–Kier alpha value is -0.610. The van der Waals surface area contributed by atoms with Gasteiger partial charge in [0.1, 0.15) is 5.82 Å². The van der Waals surface area contributed by atoms with E-state index in [9.17, 15) is 5.11 Å². The normalized spacial score (nSPS) is 12.6. The molecule has 0 fully saturated rings. The molecule has 0 amide bonds. The van der Waals surface area contributed by atoms with E-state index in [2.05, 4.69) is 20.9 Å². The third-order valence-electron chi connectivity index (χ3n) is 1.64. The molecule has 3 nitrogen and oxygen atoms in total. The summed E-state index contributed by atoms with van der Waals surface area (Å²) in [5, 5.41) is 9.17. The molecule has 13 heavy (non-hydrogen) atoms. The molecule has 1 aromatic heterocycles. The van der Waals surface area contributed by atoms with E-state index in [1.165, 1.54) is 0 Å². The van der Waals surface area contributed by atoms with Crippen LogP contribution >= 0.6 is 15.9 Å². The van der Waals surface area contributed by atoms with E-state index >= 15 is 0 Å². The Kier molecular flexibility index (Phi) is 3.69. The Bertz CT molecular complexity index is 278. The molecule has 72 valence electrons. The van der Waals surface area contributed by atoms with Crippen LogP contribution in [-0.2, 0) is 0 Å². The van der Waals surface area contributed by atoms with Crippen LogP contribution < -0.4 is 4.90 Å². The predicted molar refractivity (Wildman–Crippen MR) is 56.9 cm³/mol. The summed E-state index contributed by atoms with van der Waals surface area (Å²) in [6.07, 6.45) is 1.39. The lowest BCUT2D eigenvalue weighted by Gasteiger charge is -2.19. The Morgan fingerprint density at radius 2 is 2.38 bits per heavy atom. The SMILES string of the molecule is C[C@@H](O)CN(C)c1cc(Br)ccn1. The van der Waals surface area contributed by atoms with Gasteiger partial charge in [-0.25, -0.2) is 4.98 Å². The first-order valence-corrected chi connectivity index (χ1v) is 4.89. The lowest BCUT2D eigenvalue weighted by atomic mass is 10.3. The summed E-state index contributed by atoms with van der Waals surface area (Å²) in [5.41, 5.74) is 0. The van der Waals surface area contributed by atoms with Crippen LogP contribution in [0.2, 0.25) is 0 Å². The highest BCUT2D eigenvalue weighted by Crippen LogP contribution is 2.15. The molecule has 1 aromatic rings. The fraction of sp³-hybridized carbons (Fsp3) is 0.444. The van der Waals surface area contributed by atoms with Gasteiger partial charge in [-0.2, -0.15) is 0 Å². The van der Waals surface area contributed by atoms with Crippen LogP contribution in [0.4, 0.5) is 5.82 Å². The third-order valence-corrected chi connectivity index (χ3v) is 2.13. The van der Waals surface area contributed by atoms with E-state index in [1.807, 2.05) is 24.1 Å². The van der Waals surface area contributed by atoms with Crippen molar-refractivity contribution < 1.29 is 5.11 Å².